The molecule has 0 unspecified atom stereocenters. The Kier molecular flexibility index (Phi) is 4.35. The summed E-state index contributed by atoms with van der Waals surface area (Å²) in [5.74, 6) is -0.986. The number of halogens is 3. The van der Waals surface area contributed by atoms with Crippen molar-refractivity contribution in [1.29, 1.82) is 0 Å². The molecule has 0 bridgehead atoms. The summed E-state index contributed by atoms with van der Waals surface area (Å²) >= 11 is 0. The lowest BCUT2D eigenvalue weighted by molar-refractivity contribution is -0.137. The van der Waals surface area contributed by atoms with Gasteiger partial charge in [-0.15, -0.1) is 0 Å². The van der Waals surface area contributed by atoms with Gasteiger partial charge in [-0.25, -0.2) is 4.79 Å². The van der Waals surface area contributed by atoms with Gasteiger partial charge < -0.3 is 9.73 Å². The van der Waals surface area contributed by atoms with Crippen LogP contribution in [-0.2, 0) is 17.5 Å². The van der Waals surface area contributed by atoms with E-state index in [2.05, 4.69) is 5.32 Å². The maximum Gasteiger partial charge on any atom is 0.419 e. The van der Waals surface area contributed by atoms with Gasteiger partial charge in [0.1, 0.15) is 0 Å². The minimum absolute atomic E-state index is 0.0234. The number of fused-ring (bicyclic) bond motifs is 1. The van der Waals surface area contributed by atoms with Crippen LogP contribution in [-0.4, -0.2) is 10.5 Å². The van der Waals surface area contributed by atoms with Crippen molar-refractivity contribution in [3.05, 3.63) is 64.6 Å². The van der Waals surface area contributed by atoms with Crippen LogP contribution in [0.15, 0.2) is 57.7 Å². The Balaban J connectivity index is 1.65. The molecule has 0 saturated heterocycles. The van der Waals surface area contributed by atoms with E-state index < -0.39 is 23.4 Å². The lowest BCUT2D eigenvalue weighted by atomic mass is 10.2. The molecule has 3 aromatic rings. The molecule has 0 radical (unpaired) electrons. The van der Waals surface area contributed by atoms with Crippen LogP contribution < -0.4 is 11.1 Å². The monoisotopic (exact) mass is 350 g/mol. The zero-order chi connectivity index (χ0) is 18.0. The van der Waals surface area contributed by atoms with Gasteiger partial charge in [-0.05, 0) is 36.4 Å². The average molecular weight is 350 g/mol. The molecule has 0 aliphatic rings. The summed E-state index contributed by atoms with van der Waals surface area (Å²) in [5, 5.41) is 2.50. The first-order valence-corrected chi connectivity index (χ1v) is 7.40. The Bertz CT molecular complexity index is 956. The Morgan fingerprint density at radius 2 is 1.76 bits per heavy atom. The predicted molar refractivity (Wildman–Crippen MR) is 85.2 cm³/mol. The molecular formula is C17H13F3N2O3. The number of amides is 1. The highest BCUT2D eigenvalue weighted by molar-refractivity contribution is 5.90. The van der Waals surface area contributed by atoms with Gasteiger partial charge in [-0.3, -0.25) is 9.36 Å². The van der Waals surface area contributed by atoms with E-state index in [1.54, 1.807) is 24.3 Å². The minimum Gasteiger partial charge on any atom is -0.408 e. The summed E-state index contributed by atoms with van der Waals surface area (Å²) in [6, 6.07) is 11.0. The predicted octanol–water partition coefficient (Wildman–Crippen LogP) is 3.64. The molecular weight excluding hydrogens is 337 g/mol. The van der Waals surface area contributed by atoms with E-state index in [1.165, 1.54) is 16.7 Å². The fourth-order valence-electron chi connectivity index (χ4n) is 2.41. The van der Waals surface area contributed by atoms with Gasteiger partial charge in [0.25, 0.3) is 0 Å². The lowest BCUT2D eigenvalue weighted by Crippen LogP contribution is -2.19. The summed E-state index contributed by atoms with van der Waals surface area (Å²) in [5.41, 5.74) is 0.467. The number of para-hydroxylation sites is 2. The van der Waals surface area contributed by atoms with Gasteiger partial charge in [-0.1, -0.05) is 12.1 Å². The number of oxazole rings is 1. The third kappa shape index (κ3) is 3.73. The molecule has 2 aromatic carbocycles. The number of alkyl halides is 3. The SMILES string of the molecule is O=C(CCn1c(=O)oc2ccccc21)Nc1ccc(C(F)(F)F)cc1. The Hall–Kier alpha value is -3.03. The van der Waals surface area contributed by atoms with Crippen molar-refractivity contribution in [3.63, 3.8) is 0 Å². The molecule has 130 valence electrons. The third-order valence-electron chi connectivity index (χ3n) is 3.63. The van der Waals surface area contributed by atoms with E-state index in [1.807, 2.05) is 0 Å². The van der Waals surface area contributed by atoms with Crippen LogP contribution >= 0.6 is 0 Å². The number of carbonyl (C=O) groups excluding carboxylic acids is 1. The zero-order valence-electron chi connectivity index (χ0n) is 12.8. The van der Waals surface area contributed by atoms with E-state index >= 15 is 0 Å². The van der Waals surface area contributed by atoms with Gasteiger partial charge in [0, 0.05) is 18.7 Å². The van der Waals surface area contributed by atoms with Crippen molar-refractivity contribution < 1.29 is 22.4 Å². The number of hydrogen-bond donors (Lipinski definition) is 1. The van der Waals surface area contributed by atoms with Crippen molar-refractivity contribution in [3.8, 4) is 0 Å². The van der Waals surface area contributed by atoms with Crippen molar-refractivity contribution in [1.82, 2.24) is 4.57 Å². The van der Waals surface area contributed by atoms with Crippen molar-refractivity contribution in [2.45, 2.75) is 19.1 Å². The molecule has 0 fully saturated rings. The van der Waals surface area contributed by atoms with Crippen LogP contribution in [0.5, 0.6) is 0 Å². The third-order valence-corrected chi connectivity index (χ3v) is 3.63. The molecule has 1 N–H and O–H groups in total. The Morgan fingerprint density at radius 3 is 2.44 bits per heavy atom. The highest BCUT2D eigenvalue weighted by Gasteiger charge is 2.29. The average Bonchev–Trinajstić information content (AvgIpc) is 2.88. The van der Waals surface area contributed by atoms with Crippen LogP contribution in [0, 0.1) is 0 Å². The van der Waals surface area contributed by atoms with Crippen LogP contribution in [0.4, 0.5) is 18.9 Å². The number of aryl methyl sites for hydroxylation is 1. The maximum absolute atomic E-state index is 12.5. The second kappa shape index (κ2) is 6.46. The standard InChI is InChI=1S/C17H13F3N2O3/c18-17(19,20)11-5-7-12(8-6-11)21-15(23)9-10-22-13-3-1-2-4-14(13)25-16(22)24/h1-8H,9-10H2,(H,21,23). The highest BCUT2D eigenvalue weighted by atomic mass is 19.4. The number of nitrogens with zero attached hydrogens (tertiary/aromatic N) is 1. The van der Waals surface area contributed by atoms with Gasteiger partial charge in [0.15, 0.2) is 5.58 Å². The molecule has 0 spiro atoms. The zero-order valence-corrected chi connectivity index (χ0v) is 12.8. The van der Waals surface area contributed by atoms with Crippen LogP contribution in [0.1, 0.15) is 12.0 Å². The fourth-order valence-corrected chi connectivity index (χ4v) is 2.41. The topological polar surface area (TPSA) is 64.2 Å². The summed E-state index contributed by atoms with van der Waals surface area (Å²) in [4.78, 5) is 23.8. The fraction of sp³-hybridized carbons (Fsp3) is 0.176. The molecule has 0 aliphatic carbocycles. The van der Waals surface area contributed by atoms with Crippen LogP contribution in [0.2, 0.25) is 0 Å². The Morgan fingerprint density at radius 1 is 1.08 bits per heavy atom. The molecule has 5 nitrogen and oxygen atoms in total. The molecule has 0 atom stereocenters. The van der Waals surface area contributed by atoms with Crippen molar-refractivity contribution in [2.24, 2.45) is 0 Å². The molecule has 1 amide bonds. The first kappa shape index (κ1) is 16.8. The van der Waals surface area contributed by atoms with Gasteiger partial charge in [0.05, 0.1) is 11.1 Å². The number of rotatable bonds is 4. The quantitative estimate of drug-likeness (QED) is 0.781. The molecule has 0 aliphatic heterocycles. The first-order chi connectivity index (χ1) is 11.8. The summed E-state index contributed by atoms with van der Waals surface area (Å²) in [6.45, 7) is 0.0995. The smallest absolute Gasteiger partial charge is 0.408 e. The normalized spacial score (nSPS) is 11.6. The van der Waals surface area contributed by atoms with Gasteiger partial charge in [0.2, 0.25) is 5.91 Å². The van der Waals surface area contributed by atoms with E-state index in [0.717, 1.165) is 12.1 Å². The maximum atomic E-state index is 12.5. The number of anilines is 1. The minimum atomic E-state index is -4.42. The molecule has 8 heteroatoms. The van der Waals surface area contributed by atoms with E-state index in [9.17, 15) is 22.8 Å². The second-order valence-corrected chi connectivity index (χ2v) is 5.36. The van der Waals surface area contributed by atoms with Crippen LogP contribution in [0.25, 0.3) is 11.1 Å². The molecule has 3 rings (SSSR count). The second-order valence-electron chi connectivity index (χ2n) is 5.36. The molecule has 0 saturated carbocycles. The summed E-state index contributed by atoms with van der Waals surface area (Å²) in [7, 11) is 0. The number of benzene rings is 2. The largest absolute Gasteiger partial charge is 0.419 e. The number of carbonyl (C=O) groups is 1. The first-order valence-electron chi connectivity index (χ1n) is 7.40. The van der Waals surface area contributed by atoms with Crippen molar-refractivity contribution in [2.75, 3.05) is 5.32 Å². The van der Waals surface area contributed by atoms with E-state index in [4.69, 9.17) is 4.42 Å². The van der Waals surface area contributed by atoms with Gasteiger partial charge >= 0.3 is 11.9 Å². The summed E-state index contributed by atoms with van der Waals surface area (Å²) in [6.07, 6.45) is -4.45. The van der Waals surface area contributed by atoms with E-state index in [0.29, 0.717) is 11.1 Å². The Labute approximate surface area is 139 Å². The summed E-state index contributed by atoms with van der Waals surface area (Å²) < 4.78 is 43.9. The molecule has 25 heavy (non-hydrogen) atoms. The number of aromatic nitrogens is 1. The lowest BCUT2D eigenvalue weighted by Gasteiger charge is -2.09. The number of nitrogens with one attached hydrogen (secondary N) is 1. The highest BCUT2D eigenvalue weighted by Crippen LogP contribution is 2.29. The number of hydrogen-bond acceptors (Lipinski definition) is 3. The van der Waals surface area contributed by atoms with Crippen molar-refractivity contribution >= 4 is 22.7 Å². The van der Waals surface area contributed by atoms with Gasteiger partial charge in [-0.2, -0.15) is 13.2 Å². The molecule has 1 heterocycles. The van der Waals surface area contributed by atoms with Crippen LogP contribution in [0.3, 0.4) is 0 Å². The molecule has 1 aromatic heterocycles. The van der Waals surface area contributed by atoms with E-state index in [-0.39, 0.29) is 18.7 Å².